The second-order valence-electron chi connectivity index (χ2n) is 12.6. The number of ether oxygens (including phenoxy) is 5. The van der Waals surface area contributed by atoms with Crippen molar-refractivity contribution in [3.63, 3.8) is 0 Å². The SMILES string of the molecule is C=C[C@H]1[C@H](O[C@H]2O[C@@H](COC(=O)/C=C\c3ccc(O)c(OC)c3)[C@@H](O)[C@@H](O)[C@@H]2O)OC=C2C(=O)N3CCc4c([nH]c5ccccc45)[C@H]3C[C@H]21. The Morgan fingerprint density at radius 1 is 1.12 bits per heavy atom. The third-order valence-corrected chi connectivity index (χ3v) is 9.87. The lowest BCUT2D eigenvalue weighted by Crippen LogP contribution is -2.60. The molecule has 5 heterocycles. The van der Waals surface area contributed by atoms with Crippen molar-refractivity contribution in [2.45, 2.75) is 55.9 Å². The number of nitrogens with one attached hydrogen (secondary N) is 1. The van der Waals surface area contributed by atoms with Gasteiger partial charge in [-0.25, -0.2) is 4.79 Å². The summed E-state index contributed by atoms with van der Waals surface area (Å²) in [5.41, 5.74) is 4.32. The van der Waals surface area contributed by atoms with Gasteiger partial charge in [0.05, 0.1) is 25.0 Å². The zero-order chi connectivity index (χ0) is 34.4. The molecule has 49 heavy (non-hydrogen) atoms. The van der Waals surface area contributed by atoms with Crippen LogP contribution in [0.15, 0.2) is 73.0 Å². The highest BCUT2D eigenvalue weighted by Crippen LogP contribution is 2.48. The maximum atomic E-state index is 13.7. The number of aliphatic hydroxyl groups is 3. The molecule has 2 aromatic carbocycles. The molecule has 0 aliphatic carbocycles. The Morgan fingerprint density at radius 3 is 2.73 bits per heavy atom. The smallest absolute Gasteiger partial charge is 0.330 e. The molecular formula is C36H38N2O11. The molecule has 2 fully saturated rings. The number of carbonyl (C=O) groups excluding carboxylic acids is 2. The molecule has 13 heteroatoms. The molecule has 5 N–H and O–H groups in total. The molecule has 0 radical (unpaired) electrons. The number of rotatable bonds is 8. The molecule has 1 amide bonds. The summed E-state index contributed by atoms with van der Waals surface area (Å²) in [6, 6.07) is 12.4. The number of phenolic OH excluding ortho intramolecular Hbond substituents is 1. The van der Waals surface area contributed by atoms with Gasteiger partial charge < -0.3 is 54.0 Å². The van der Waals surface area contributed by atoms with Crippen LogP contribution in [0.3, 0.4) is 0 Å². The van der Waals surface area contributed by atoms with Crippen molar-refractivity contribution in [2.75, 3.05) is 20.3 Å². The van der Waals surface area contributed by atoms with E-state index in [9.17, 15) is 30.0 Å². The van der Waals surface area contributed by atoms with Gasteiger partial charge >= 0.3 is 5.97 Å². The van der Waals surface area contributed by atoms with Crippen molar-refractivity contribution < 1.29 is 53.7 Å². The molecular weight excluding hydrogens is 636 g/mol. The molecule has 0 bridgehead atoms. The second kappa shape index (κ2) is 13.3. The van der Waals surface area contributed by atoms with E-state index in [2.05, 4.69) is 17.6 Å². The van der Waals surface area contributed by atoms with Gasteiger partial charge in [-0.05, 0) is 48.2 Å². The minimum absolute atomic E-state index is 0.0512. The minimum Gasteiger partial charge on any atom is -0.504 e. The Morgan fingerprint density at radius 2 is 1.94 bits per heavy atom. The van der Waals surface area contributed by atoms with Crippen LogP contribution in [0.4, 0.5) is 0 Å². The minimum atomic E-state index is -1.69. The first-order chi connectivity index (χ1) is 23.7. The standard InChI is InChI=1S/C36H38N2O11/c1-3-19-22-15-25-30-21(20-6-4-5-7-24(20)37-30)12-13-38(25)34(44)23(22)16-47-35(19)49-36-33(43)32(42)31(41)28(48-36)17-46-29(40)11-9-18-8-10-26(39)27(14-18)45-2/h3-11,14,16,19,22,25,28,31-33,35-37,39,41-43H,1,12-13,15,17H2,2H3/b11-9-/t19-,22+,25-,28+,31-,32-,33+,35+,36-/m1/s1. The molecule has 4 aliphatic rings. The average Bonchev–Trinajstić information content (AvgIpc) is 3.50. The first-order valence-corrected chi connectivity index (χ1v) is 16.1. The Hall–Kier alpha value is -4.66. The molecule has 3 aromatic rings. The number of benzene rings is 2. The van der Waals surface area contributed by atoms with Crippen LogP contribution < -0.4 is 4.74 Å². The number of hydrogen-bond donors (Lipinski definition) is 5. The van der Waals surface area contributed by atoms with Crippen LogP contribution in [0.5, 0.6) is 11.5 Å². The fourth-order valence-corrected chi connectivity index (χ4v) is 7.29. The number of methoxy groups -OCH3 is 1. The highest BCUT2D eigenvalue weighted by atomic mass is 16.8. The van der Waals surface area contributed by atoms with Gasteiger partial charge in [-0.3, -0.25) is 4.79 Å². The zero-order valence-electron chi connectivity index (χ0n) is 26.7. The molecule has 0 spiro atoms. The van der Waals surface area contributed by atoms with Crippen molar-refractivity contribution in [1.82, 2.24) is 9.88 Å². The maximum Gasteiger partial charge on any atom is 0.330 e. The lowest BCUT2D eigenvalue weighted by atomic mass is 9.74. The van der Waals surface area contributed by atoms with E-state index < -0.39 is 55.5 Å². The van der Waals surface area contributed by atoms with Crippen molar-refractivity contribution in [3.05, 3.63) is 89.9 Å². The van der Waals surface area contributed by atoms with Crippen molar-refractivity contribution in [1.29, 1.82) is 0 Å². The molecule has 1 aromatic heterocycles. The summed E-state index contributed by atoms with van der Waals surface area (Å²) in [7, 11) is 1.40. The van der Waals surface area contributed by atoms with E-state index in [0.717, 1.165) is 29.1 Å². The normalized spacial score (nSPS) is 30.9. The molecule has 13 nitrogen and oxygen atoms in total. The fraction of sp³-hybridized carbons (Fsp3) is 0.389. The van der Waals surface area contributed by atoms with Crippen molar-refractivity contribution in [3.8, 4) is 11.5 Å². The number of phenols is 1. The Bertz CT molecular complexity index is 1820. The maximum absolute atomic E-state index is 13.7. The summed E-state index contributed by atoms with van der Waals surface area (Å²) in [5, 5.41) is 43.0. The number of fused-ring (bicyclic) bond motifs is 6. The molecule has 7 rings (SSSR count). The fourth-order valence-electron chi connectivity index (χ4n) is 7.29. The third-order valence-electron chi connectivity index (χ3n) is 9.87. The average molecular weight is 675 g/mol. The van der Waals surface area contributed by atoms with Gasteiger partial charge in [0.2, 0.25) is 6.29 Å². The van der Waals surface area contributed by atoms with E-state index in [1.165, 1.54) is 37.1 Å². The largest absolute Gasteiger partial charge is 0.504 e. The Labute approximate surface area is 281 Å². The zero-order valence-corrected chi connectivity index (χ0v) is 26.7. The van der Waals surface area contributed by atoms with Gasteiger partial charge in [-0.1, -0.05) is 30.3 Å². The van der Waals surface area contributed by atoms with E-state index in [-0.39, 0.29) is 29.4 Å². The van der Waals surface area contributed by atoms with Gasteiger partial charge in [0.25, 0.3) is 5.91 Å². The number of piperidine rings is 1. The number of aromatic nitrogens is 1. The van der Waals surface area contributed by atoms with E-state index in [1.54, 1.807) is 12.1 Å². The lowest BCUT2D eigenvalue weighted by molar-refractivity contribution is -0.339. The molecule has 0 unspecified atom stereocenters. The summed E-state index contributed by atoms with van der Waals surface area (Å²) in [5.74, 6) is -1.56. The number of H-pyrrole nitrogens is 1. The van der Waals surface area contributed by atoms with Gasteiger partial charge in [0, 0.05) is 41.1 Å². The van der Waals surface area contributed by atoms with Crippen LogP contribution in [-0.4, -0.2) is 99.4 Å². The first kappa shape index (κ1) is 32.9. The Kier molecular flexibility index (Phi) is 8.94. The number of esters is 1. The van der Waals surface area contributed by atoms with E-state index in [0.29, 0.717) is 24.1 Å². The summed E-state index contributed by atoms with van der Waals surface area (Å²) < 4.78 is 28.1. The highest BCUT2D eigenvalue weighted by Gasteiger charge is 2.51. The van der Waals surface area contributed by atoms with E-state index >= 15 is 0 Å². The van der Waals surface area contributed by atoms with Crippen molar-refractivity contribution in [2.24, 2.45) is 11.8 Å². The van der Waals surface area contributed by atoms with E-state index in [4.69, 9.17) is 23.7 Å². The predicted octanol–water partition coefficient (Wildman–Crippen LogP) is 2.45. The lowest BCUT2D eigenvalue weighted by Gasteiger charge is -2.48. The number of aliphatic hydroxyl groups excluding tert-OH is 3. The van der Waals surface area contributed by atoms with Gasteiger partial charge in [-0.2, -0.15) is 0 Å². The number of para-hydroxylation sites is 1. The third kappa shape index (κ3) is 5.97. The number of nitrogens with zero attached hydrogens (tertiary/aromatic N) is 1. The van der Waals surface area contributed by atoms with Gasteiger partial charge in [0.15, 0.2) is 17.8 Å². The quantitative estimate of drug-likeness (QED) is 0.135. The number of aromatic hydroxyl groups is 1. The van der Waals surface area contributed by atoms with Crippen LogP contribution in [-0.2, 0) is 35.0 Å². The molecule has 258 valence electrons. The second-order valence-corrected chi connectivity index (χ2v) is 12.6. The highest BCUT2D eigenvalue weighted by molar-refractivity contribution is 5.96. The number of amides is 1. The van der Waals surface area contributed by atoms with E-state index in [1.807, 2.05) is 23.1 Å². The number of carbonyl (C=O) groups is 2. The number of hydrogen-bond acceptors (Lipinski definition) is 11. The molecule has 4 aliphatic heterocycles. The van der Waals surface area contributed by atoms with Crippen LogP contribution in [0.2, 0.25) is 0 Å². The summed E-state index contributed by atoms with van der Waals surface area (Å²) in [4.78, 5) is 31.6. The molecule has 0 saturated carbocycles. The van der Waals surface area contributed by atoms with Crippen LogP contribution in [0, 0.1) is 11.8 Å². The number of aromatic amines is 1. The monoisotopic (exact) mass is 674 g/mol. The van der Waals surface area contributed by atoms with Gasteiger partial charge in [0.1, 0.15) is 31.0 Å². The van der Waals surface area contributed by atoms with Crippen LogP contribution in [0.25, 0.3) is 17.0 Å². The summed E-state index contributed by atoms with van der Waals surface area (Å²) in [6.07, 6.45) is -1.77. The van der Waals surface area contributed by atoms with Gasteiger partial charge in [-0.15, -0.1) is 6.58 Å². The summed E-state index contributed by atoms with van der Waals surface area (Å²) in [6.45, 7) is 4.11. The predicted molar refractivity (Wildman–Crippen MR) is 174 cm³/mol. The molecule has 9 atom stereocenters. The Balaban J connectivity index is 1.03. The summed E-state index contributed by atoms with van der Waals surface area (Å²) >= 11 is 0. The molecule has 2 saturated heterocycles. The van der Waals surface area contributed by atoms with Crippen LogP contribution >= 0.6 is 0 Å². The first-order valence-electron chi connectivity index (χ1n) is 16.1. The van der Waals surface area contributed by atoms with Crippen LogP contribution in [0.1, 0.15) is 29.3 Å². The van der Waals surface area contributed by atoms with Crippen molar-refractivity contribution >= 4 is 28.9 Å². The topological polar surface area (TPSA) is 180 Å².